The number of aromatic nitrogens is 3. The van der Waals surface area contributed by atoms with E-state index in [9.17, 15) is 18.0 Å². The van der Waals surface area contributed by atoms with Crippen molar-refractivity contribution in [1.29, 1.82) is 0 Å². The average Bonchev–Trinajstić information content (AvgIpc) is 3.21. The van der Waals surface area contributed by atoms with Crippen molar-refractivity contribution in [3.05, 3.63) is 41.5 Å². The number of carbonyl (C=O) groups excluding carboxylic acids is 1. The van der Waals surface area contributed by atoms with Crippen LogP contribution in [0.4, 0.5) is 18.9 Å². The van der Waals surface area contributed by atoms with Gasteiger partial charge in [0.05, 0.1) is 18.2 Å². The van der Waals surface area contributed by atoms with Gasteiger partial charge in [-0.15, -0.1) is 10.2 Å². The molecular weight excluding hydrogens is 383 g/mol. The van der Waals surface area contributed by atoms with Crippen LogP contribution in [0.5, 0.6) is 0 Å². The van der Waals surface area contributed by atoms with E-state index in [2.05, 4.69) is 20.1 Å². The van der Waals surface area contributed by atoms with Crippen LogP contribution in [0.3, 0.4) is 0 Å². The Morgan fingerprint density at radius 3 is 2.83 bits per heavy atom. The van der Waals surface area contributed by atoms with Crippen molar-refractivity contribution in [3.63, 3.8) is 0 Å². The van der Waals surface area contributed by atoms with Crippen molar-refractivity contribution in [1.82, 2.24) is 19.7 Å². The molecular formula is C20H24F3N5O. The molecule has 1 aromatic heterocycles. The fourth-order valence-corrected chi connectivity index (χ4v) is 4.22. The fourth-order valence-electron chi connectivity index (χ4n) is 4.22. The van der Waals surface area contributed by atoms with E-state index in [1.807, 2.05) is 4.90 Å². The highest BCUT2D eigenvalue weighted by Gasteiger charge is 2.33. The predicted octanol–water partition coefficient (Wildman–Crippen LogP) is 3.80. The average molecular weight is 407 g/mol. The lowest BCUT2D eigenvalue weighted by atomic mass is 10.2. The second kappa shape index (κ2) is 8.14. The lowest BCUT2D eigenvalue weighted by Gasteiger charge is -2.24. The first kappa shape index (κ1) is 19.9. The number of nitrogens with one attached hydrogen (secondary N) is 1. The van der Waals surface area contributed by atoms with E-state index < -0.39 is 11.7 Å². The molecule has 29 heavy (non-hydrogen) atoms. The molecule has 4 rings (SSSR count). The monoisotopic (exact) mass is 407 g/mol. The van der Waals surface area contributed by atoms with E-state index in [0.717, 1.165) is 69.0 Å². The third-order valence-corrected chi connectivity index (χ3v) is 5.62. The summed E-state index contributed by atoms with van der Waals surface area (Å²) in [7, 11) is 0. The van der Waals surface area contributed by atoms with Gasteiger partial charge in [-0.2, -0.15) is 13.2 Å². The standard InChI is InChI=1S/C20H24F3N5O/c21-20(22,23)14-6-4-7-15(12-14)24-18(29)13-27-10-5-8-16(27)19-26-25-17-9-2-1-3-11-28(17)19/h4,6-7,12,16H,1-3,5,8-11,13H2,(H,24,29). The molecule has 2 aliphatic heterocycles. The molecule has 1 fully saturated rings. The Kier molecular flexibility index (Phi) is 5.58. The summed E-state index contributed by atoms with van der Waals surface area (Å²) in [4.78, 5) is 14.6. The molecule has 3 heterocycles. The number of hydrogen-bond acceptors (Lipinski definition) is 4. The van der Waals surface area contributed by atoms with Crippen molar-refractivity contribution in [2.75, 3.05) is 18.4 Å². The van der Waals surface area contributed by atoms with Gasteiger partial charge in [-0.3, -0.25) is 9.69 Å². The van der Waals surface area contributed by atoms with Gasteiger partial charge in [0.15, 0.2) is 0 Å². The summed E-state index contributed by atoms with van der Waals surface area (Å²) in [6, 6.07) is 4.72. The highest BCUT2D eigenvalue weighted by Crippen LogP contribution is 2.33. The zero-order valence-electron chi connectivity index (χ0n) is 16.1. The summed E-state index contributed by atoms with van der Waals surface area (Å²) < 4.78 is 40.8. The van der Waals surface area contributed by atoms with Crippen LogP contribution in [-0.4, -0.2) is 38.7 Å². The first-order valence-electron chi connectivity index (χ1n) is 10.0. The van der Waals surface area contributed by atoms with Crippen molar-refractivity contribution in [3.8, 4) is 0 Å². The minimum atomic E-state index is -4.44. The van der Waals surface area contributed by atoms with Gasteiger partial charge >= 0.3 is 6.18 Å². The van der Waals surface area contributed by atoms with Gasteiger partial charge in [0, 0.05) is 18.7 Å². The van der Waals surface area contributed by atoms with E-state index in [4.69, 9.17) is 0 Å². The maximum absolute atomic E-state index is 12.9. The van der Waals surface area contributed by atoms with Crippen LogP contribution in [0.15, 0.2) is 24.3 Å². The number of likely N-dealkylation sites (tertiary alicyclic amines) is 1. The number of fused-ring (bicyclic) bond motifs is 1. The fraction of sp³-hybridized carbons (Fsp3) is 0.550. The van der Waals surface area contributed by atoms with Gasteiger partial charge in [-0.05, 0) is 50.4 Å². The number of halogens is 3. The smallest absolute Gasteiger partial charge is 0.325 e. The number of aryl methyl sites for hydroxylation is 1. The summed E-state index contributed by atoms with van der Waals surface area (Å²) in [6.07, 6.45) is 1.73. The number of rotatable bonds is 4. The Labute approximate surface area is 167 Å². The normalized spacial score (nSPS) is 20.3. The zero-order valence-corrected chi connectivity index (χ0v) is 16.1. The molecule has 2 aliphatic rings. The molecule has 1 aromatic carbocycles. The second-order valence-electron chi connectivity index (χ2n) is 7.69. The molecule has 1 atom stereocenters. The molecule has 2 aromatic rings. The first-order valence-corrected chi connectivity index (χ1v) is 10.0. The highest BCUT2D eigenvalue weighted by molar-refractivity contribution is 5.92. The minimum absolute atomic E-state index is 0.0154. The summed E-state index contributed by atoms with van der Waals surface area (Å²) in [5.74, 6) is 1.59. The lowest BCUT2D eigenvalue weighted by molar-refractivity contribution is -0.137. The zero-order chi connectivity index (χ0) is 20.4. The number of alkyl halides is 3. The molecule has 156 valence electrons. The Morgan fingerprint density at radius 1 is 1.14 bits per heavy atom. The third-order valence-electron chi connectivity index (χ3n) is 5.62. The van der Waals surface area contributed by atoms with Crippen LogP contribution in [-0.2, 0) is 23.9 Å². The van der Waals surface area contributed by atoms with Gasteiger partial charge in [0.1, 0.15) is 11.6 Å². The molecule has 0 radical (unpaired) electrons. The summed E-state index contributed by atoms with van der Waals surface area (Å²) in [6.45, 7) is 1.77. The minimum Gasteiger partial charge on any atom is -0.325 e. The number of hydrogen-bond donors (Lipinski definition) is 1. The molecule has 6 nitrogen and oxygen atoms in total. The van der Waals surface area contributed by atoms with E-state index in [1.165, 1.54) is 18.6 Å². The Balaban J connectivity index is 1.44. The van der Waals surface area contributed by atoms with Gasteiger partial charge in [-0.25, -0.2) is 0 Å². The van der Waals surface area contributed by atoms with Crippen LogP contribution in [0.25, 0.3) is 0 Å². The van der Waals surface area contributed by atoms with Crippen LogP contribution in [0, 0.1) is 0 Å². The maximum atomic E-state index is 12.9. The number of nitrogens with zero attached hydrogens (tertiary/aromatic N) is 4. The number of anilines is 1. The van der Waals surface area contributed by atoms with E-state index >= 15 is 0 Å². The van der Waals surface area contributed by atoms with Gasteiger partial charge < -0.3 is 9.88 Å². The first-order chi connectivity index (χ1) is 13.9. The molecule has 0 aliphatic carbocycles. The maximum Gasteiger partial charge on any atom is 0.416 e. The predicted molar refractivity (Wildman–Crippen MR) is 101 cm³/mol. The van der Waals surface area contributed by atoms with Crippen LogP contribution in [0.2, 0.25) is 0 Å². The Hall–Kier alpha value is -2.42. The third kappa shape index (κ3) is 4.44. The molecule has 1 saturated heterocycles. The van der Waals surface area contributed by atoms with Crippen LogP contribution < -0.4 is 5.32 Å². The number of carbonyl (C=O) groups is 1. The highest BCUT2D eigenvalue weighted by atomic mass is 19.4. The van der Waals surface area contributed by atoms with Crippen LogP contribution in [0.1, 0.15) is 55.4 Å². The van der Waals surface area contributed by atoms with Crippen LogP contribution >= 0.6 is 0 Å². The van der Waals surface area contributed by atoms with Gasteiger partial charge in [-0.1, -0.05) is 12.5 Å². The molecule has 1 amide bonds. The topological polar surface area (TPSA) is 63.1 Å². The summed E-state index contributed by atoms with van der Waals surface area (Å²) in [5.41, 5.74) is -0.627. The molecule has 0 bridgehead atoms. The number of benzene rings is 1. The number of amides is 1. The molecule has 1 unspecified atom stereocenters. The van der Waals surface area contributed by atoms with E-state index in [1.54, 1.807) is 0 Å². The Bertz CT molecular complexity index is 879. The van der Waals surface area contributed by atoms with Gasteiger partial charge in [0.25, 0.3) is 0 Å². The Morgan fingerprint density at radius 2 is 2.00 bits per heavy atom. The quantitative estimate of drug-likeness (QED) is 0.838. The van der Waals surface area contributed by atoms with Crippen molar-refractivity contribution < 1.29 is 18.0 Å². The summed E-state index contributed by atoms with van der Waals surface area (Å²) >= 11 is 0. The molecule has 0 saturated carbocycles. The molecule has 0 spiro atoms. The largest absolute Gasteiger partial charge is 0.416 e. The SMILES string of the molecule is O=C(CN1CCCC1c1nnc2n1CCCCC2)Nc1cccc(C(F)(F)F)c1. The lowest BCUT2D eigenvalue weighted by Crippen LogP contribution is -2.34. The van der Waals surface area contributed by atoms with Crippen molar-refractivity contribution in [2.45, 2.75) is 57.3 Å². The van der Waals surface area contributed by atoms with E-state index in [-0.39, 0.29) is 24.2 Å². The van der Waals surface area contributed by atoms with Crippen molar-refractivity contribution >= 4 is 11.6 Å². The van der Waals surface area contributed by atoms with E-state index in [0.29, 0.717) is 0 Å². The molecule has 9 heteroatoms. The summed E-state index contributed by atoms with van der Waals surface area (Å²) in [5, 5.41) is 11.4. The van der Waals surface area contributed by atoms with Crippen molar-refractivity contribution in [2.24, 2.45) is 0 Å². The second-order valence-corrected chi connectivity index (χ2v) is 7.69. The molecule has 1 N–H and O–H groups in total. The van der Waals surface area contributed by atoms with Gasteiger partial charge in [0.2, 0.25) is 5.91 Å².